The van der Waals surface area contributed by atoms with Gasteiger partial charge in [0.1, 0.15) is 5.82 Å². The Morgan fingerprint density at radius 1 is 0.531 bits per heavy atom. The Hall–Kier alpha value is -2.62. The van der Waals surface area contributed by atoms with Crippen molar-refractivity contribution in [2.45, 2.75) is 50.9 Å². The Morgan fingerprint density at radius 2 is 1.09 bits per heavy atom. The first-order chi connectivity index (χ1) is 15.5. The Balaban J connectivity index is 1.31. The Labute approximate surface area is 186 Å². The Kier molecular flexibility index (Phi) is 5.79. The largest absolute Gasteiger partial charge is 0.206 e. The molecule has 3 aromatic rings. The molecule has 0 heterocycles. The molecule has 0 N–H and O–H groups in total. The molecule has 166 valence electrons. The van der Waals surface area contributed by atoms with Crippen molar-refractivity contribution in [3.63, 3.8) is 0 Å². The lowest BCUT2D eigenvalue weighted by molar-refractivity contribution is 0.154. The predicted octanol–water partition coefficient (Wildman–Crippen LogP) is 8.65. The minimum Gasteiger partial charge on any atom is -0.206 e. The monoisotopic (exact) mass is 438 g/mol. The molecule has 0 aliphatic heterocycles. The SMILES string of the molecule is Fc1cc(-c2ccc(C3CCC(C4CCC4)CC3)cc2)ccc1-c1cc(F)c(F)c(F)c1. The fraction of sp³-hybridized carbons (Fsp3) is 0.357. The maximum Gasteiger partial charge on any atom is 0.194 e. The summed E-state index contributed by atoms with van der Waals surface area (Å²) < 4.78 is 55.0. The zero-order chi connectivity index (χ0) is 22.2. The van der Waals surface area contributed by atoms with Crippen molar-refractivity contribution >= 4 is 0 Å². The van der Waals surface area contributed by atoms with E-state index >= 15 is 0 Å². The van der Waals surface area contributed by atoms with Gasteiger partial charge in [-0.2, -0.15) is 0 Å². The normalized spacial score (nSPS) is 21.4. The first-order valence-corrected chi connectivity index (χ1v) is 11.5. The maximum absolute atomic E-state index is 14.8. The average molecular weight is 439 g/mol. The van der Waals surface area contributed by atoms with Crippen LogP contribution in [0.3, 0.4) is 0 Å². The number of rotatable bonds is 4. The molecule has 5 rings (SSSR count). The van der Waals surface area contributed by atoms with Crippen LogP contribution in [0.25, 0.3) is 22.3 Å². The summed E-state index contributed by atoms with van der Waals surface area (Å²) in [6, 6.07) is 14.5. The Morgan fingerprint density at radius 3 is 1.66 bits per heavy atom. The highest BCUT2D eigenvalue weighted by Gasteiger charge is 2.31. The van der Waals surface area contributed by atoms with E-state index in [0.29, 0.717) is 11.5 Å². The highest BCUT2D eigenvalue weighted by atomic mass is 19.2. The third-order valence-electron chi connectivity index (χ3n) is 7.57. The van der Waals surface area contributed by atoms with Crippen LogP contribution in [0.2, 0.25) is 0 Å². The molecule has 4 heteroatoms. The lowest BCUT2D eigenvalue weighted by atomic mass is 9.67. The van der Waals surface area contributed by atoms with Crippen molar-refractivity contribution in [3.05, 3.63) is 83.4 Å². The third kappa shape index (κ3) is 4.07. The number of hydrogen-bond donors (Lipinski definition) is 0. The van der Waals surface area contributed by atoms with E-state index in [-0.39, 0.29) is 11.1 Å². The molecule has 3 aromatic carbocycles. The predicted molar refractivity (Wildman–Crippen MR) is 119 cm³/mol. The summed E-state index contributed by atoms with van der Waals surface area (Å²) in [4.78, 5) is 0. The quantitative estimate of drug-likeness (QED) is 0.282. The van der Waals surface area contributed by atoms with Crippen molar-refractivity contribution in [3.8, 4) is 22.3 Å². The van der Waals surface area contributed by atoms with Gasteiger partial charge in [-0.3, -0.25) is 0 Å². The van der Waals surface area contributed by atoms with Crippen molar-refractivity contribution in [2.24, 2.45) is 11.8 Å². The van der Waals surface area contributed by atoms with E-state index in [0.717, 1.165) is 29.5 Å². The van der Waals surface area contributed by atoms with E-state index in [2.05, 4.69) is 12.1 Å². The van der Waals surface area contributed by atoms with Gasteiger partial charge in [0, 0.05) is 5.56 Å². The van der Waals surface area contributed by atoms with Crippen LogP contribution in [0.5, 0.6) is 0 Å². The van der Waals surface area contributed by atoms with Gasteiger partial charge in [-0.05, 0) is 83.9 Å². The average Bonchev–Trinajstić information content (AvgIpc) is 2.76. The molecule has 0 spiro atoms. The van der Waals surface area contributed by atoms with Gasteiger partial charge in [0.25, 0.3) is 0 Å². The molecule has 0 amide bonds. The van der Waals surface area contributed by atoms with Crippen LogP contribution in [0.15, 0.2) is 54.6 Å². The molecule has 2 aliphatic rings. The van der Waals surface area contributed by atoms with Crippen molar-refractivity contribution in [1.29, 1.82) is 0 Å². The fourth-order valence-electron chi connectivity index (χ4n) is 5.42. The van der Waals surface area contributed by atoms with Gasteiger partial charge in [-0.15, -0.1) is 0 Å². The van der Waals surface area contributed by atoms with E-state index in [1.54, 1.807) is 6.07 Å². The zero-order valence-electron chi connectivity index (χ0n) is 17.9. The summed E-state index contributed by atoms with van der Waals surface area (Å²) in [6.45, 7) is 0. The lowest BCUT2D eigenvalue weighted by Gasteiger charge is -2.38. The van der Waals surface area contributed by atoms with Crippen molar-refractivity contribution in [1.82, 2.24) is 0 Å². The molecule has 2 aliphatic carbocycles. The van der Waals surface area contributed by atoms with E-state index in [4.69, 9.17) is 0 Å². The molecular weight excluding hydrogens is 412 g/mol. The molecule has 32 heavy (non-hydrogen) atoms. The third-order valence-corrected chi connectivity index (χ3v) is 7.57. The van der Waals surface area contributed by atoms with E-state index in [9.17, 15) is 17.6 Å². The van der Waals surface area contributed by atoms with Gasteiger partial charge in [-0.25, -0.2) is 17.6 Å². The fourth-order valence-corrected chi connectivity index (χ4v) is 5.42. The molecule has 0 radical (unpaired) electrons. The topological polar surface area (TPSA) is 0 Å². The second-order valence-electron chi connectivity index (χ2n) is 9.37. The van der Waals surface area contributed by atoms with E-state index in [1.165, 1.54) is 62.6 Å². The van der Waals surface area contributed by atoms with E-state index < -0.39 is 23.3 Å². The number of benzene rings is 3. The highest BCUT2D eigenvalue weighted by Crippen LogP contribution is 2.45. The van der Waals surface area contributed by atoms with Gasteiger partial charge in [0.2, 0.25) is 0 Å². The maximum atomic E-state index is 14.8. The van der Waals surface area contributed by atoms with Crippen LogP contribution in [-0.2, 0) is 0 Å². The summed E-state index contributed by atoms with van der Waals surface area (Å²) in [6.07, 6.45) is 9.39. The molecular formula is C28H26F4. The molecule has 0 saturated heterocycles. The summed E-state index contributed by atoms with van der Waals surface area (Å²) in [5.74, 6) is -2.33. The second-order valence-corrected chi connectivity index (χ2v) is 9.37. The summed E-state index contributed by atoms with van der Waals surface area (Å²) in [5.41, 5.74) is 2.92. The second kappa shape index (κ2) is 8.73. The molecule has 0 unspecified atom stereocenters. The molecule has 0 bridgehead atoms. The van der Waals surface area contributed by atoms with Crippen molar-refractivity contribution in [2.75, 3.05) is 0 Å². The molecule has 0 nitrogen and oxygen atoms in total. The number of hydrogen-bond acceptors (Lipinski definition) is 0. The minimum atomic E-state index is -1.55. The summed E-state index contributed by atoms with van der Waals surface area (Å²) >= 11 is 0. The zero-order valence-corrected chi connectivity index (χ0v) is 17.9. The minimum absolute atomic E-state index is 0.0294. The van der Waals surface area contributed by atoms with Crippen LogP contribution in [0, 0.1) is 35.1 Å². The highest BCUT2D eigenvalue weighted by molar-refractivity contribution is 5.71. The molecule has 2 fully saturated rings. The van der Waals surface area contributed by atoms with Crippen molar-refractivity contribution < 1.29 is 17.6 Å². The number of halogens is 4. The van der Waals surface area contributed by atoms with Gasteiger partial charge < -0.3 is 0 Å². The van der Waals surface area contributed by atoms with Gasteiger partial charge >= 0.3 is 0 Å². The smallest absolute Gasteiger partial charge is 0.194 e. The first kappa shape index (κ1) is 21.2. The molecule has 0 aromatic heterocycles. The molecule has 2 saturated carbocycles. The molecule has 0 atom stereocenters. The van der Waals surface area contributed by atoms with Crippen LogP contribution >= 0.6 is 0 Å². The summed E-state index contributed by atoms with van der Waals surface area (Å²) in [7, 11) is 0. The first-order valence-electron chi connectivity index (χ1n) is 11.5. The van der Waals surface area contributed by atoms with Crippen LogP contribution < -0.4 is 0 Å². The summed E-state index contributed by atoms with van der Waals surface area (Å²) in [5, 5.41) is 0. The van der Waals surface area contributed by atoms with Crippen LogP contribution in [0.1, 0.15) is 56.4 Å². The lowest BCUT2D eigenvalue weighted by Crippen LogP contribution is -2.25. The van der Waals surface area contributed by atoms with E-state index in [1.807, 2.05) is 12.1 Å². The van der Waals surface area contributed by atoms with Gasteiger partial charge in [0.15, 0.2) is 17.5 Å². The Bertz CT molecular complexity index is 1080. The van der Waals surface area contributed by atoms with Gasteiger partial charge in [0.05, 0.1) is 0 Å². The van der Waals surface area contributed by atoms with Gasteiger partial charge in [-0.1, -0.05) is 55.7 Å². The van der Waals surface area contributed by atoms with Crippen LogP contribution in [0.4, 0.5) is 17.6 Å². The van der Waals surface area contributed by atoms with Crippen LogP contribution in [-0.4, -0.2) is 0 Å². The standard InChI is InChI=1S/C28H26F4/c29-25-14-22(12-13-24(25)23-15-26(30)28(32)27(31)16-23)21-10-8-20(9-11-21)19-6-4-18(5-7-19)17-2-1-3-17/h8-19H,1-7H2.